The Hall–Kier alpha value is -2.70. The van der Waals surface area contributed by atoms with Crippen molar-refractivity contribution >= 4 is 11.9 Å². The molecule has 0 radical (unpaired) electrons. The number of carbonyl (C=O) groups excluding carboxylic acids is 1. The molecule has 1 aliphatic rings. The molecule has 2 heterocycles. The summed E-state index contributed by atoms with van der Waals surface area (Å²) in [6.07, 6.45) is 0. The van der Waals surface area contributed by atoms with Gasteiger partial charge in [0.15, 0.2) is 0 Å². The fourth-order valence-corrected chi connectivity index (χ4v) is 2.53. The lowest BCUT2D eigenvalue weighted by Gasteiger charge is -2.27. The first-order chi connectivity index (χ1) is 10.1. The van der Waals surface area contributed by atoms with E-state index in [0.29, 0.717) is 17.2 Å². The van der Waals surface area contributed by atoms with Gasteiger partial charge in [-0.2, -0.15) is 4.68 Å². The lowest BCUT2D eigenvalue weighted by molar-refractivity contribution is -0.136. The number of allylic oxidation sites excluding steroid dienone is 1. The number of tetrazole rings is 1. The van der Waals surface area contributed by atoms with Crippen LogP contribution in [0.4, 0.5) is 5.95 Å². The Bertz CT molecular complexity index is 734. The Balaban J connectivity index is 2.20. The average Bonchev–Trinajstić information content (AvgIpc) is 2.92. The van der Waals surface area contributed by atoms with E-state index in [1.807, 2.05) is 38.1 Å². The van der Waals surface area contributed by atoms with Crippen molar-refractivity contribution in [2.75, 3.05) is 12.4 Å². The third-order valence-corrected chi connectivity index (χ3v) is 3.48. The van der Waals surface area contributed by atoms with Crippen LogP contribution in [0.5, 0.6) is 0 Å². The molecular weight excluding hydrogens is 270 g/mol. The summed E-state index contributed by atoms with van der Waals surface area (Å²) in [5.41, 5.74) is 3.23. The minimum atomic E-state index is -0.399. The van der Waals surface area contributed by atoms with Crippen LogP contribution in [0.1, 0.15) is 24.1 Å². The zero-order valence-electron chi connectivity index (χ0n) is 12.0. The normalized spacial score (nSPS) is 17.2. The molecule has 1 aromatic carbocycles. The Morgan fingerprint density at radius 1 is 1.38 bits per heavy atom. The lowest BCUT2D eigenvalue weighted by Crippen LogP contribution is -2.29. The molecule has 7 heteroatoms. The molecule has 7 nitrogen and oxygen atoms in total. The number of aromatic nitrogens is 4. The van der Waals surface area contributed by atoms with Crippen LogP contribution in [0, 0.1) is 6.92 Å². The van der Waals surface area contributed by atoms with Crippen molar-refractivity contribution in [3.8, 4) is 0 Å². The van der Waals surface area contributed by atoms with E-state index in [9.17, 15) is 4.79 Å². The van der Waals surface area contributed by atoms with Crippen LogP contribution in [0.3, 0.4) is 0 Å². The number of esters is 1. The number of rotatable bonds is 2. The molecule has 0 aliphatic carbocycles. The van der Waals surface area contributed by atoms with Crippen molar-refractivity contribution in [2.24, 2.45) is 0 Å². The summed E-state index contributed by atoms with van der Waals surface area (Å²) < 4.78 is 6.51. The van der Waals surface area contributed by atoms with Crippen molar-refractivity contribution in [1.82, 2.24) is 20.2 Å². The second kappa shape index (κ2) is 5.01. The van der Waals surface area contributed by atoms with Gasteiger partial charge in [0, 0.05) is 5.70 Å². The molecule has 0 amide bonds. The number of benzene rings is 1. The van der Waals surface area contributed by atoms with Gasteiger partial charge in [0.1, 0.15) is 6.04 Å². The molecule has 3 rings (SSSR count). The minimum absolute atomic E-state index is 0.396. The molecule has 0 saturated heterocycles. The van der Waals surface area contributed by atoms with Gasteiger partial charge in [-0.15, -0.1) is 0 Å². The second-order valence-corrected chi connectivity index (χ2v) is 4.92. The van der Waals surface area contributed by atoms with Gasteiger partial charge >= 0.3 is 5.97 Å². The number of carbonyl (C=O) groups is 1. The number of hydrogen-bond donors (Lipinski definition) is 1. The number of fused-ring (bicyclic) bond motifs is 1. The highest BCUT2D eigenvalue weighted by Gasteiger charge is 2.34. The highest BCUT2D eigenvalue weighted by molar-refractivity contribution is 5.92. The molecule has 1 aliphatic heterocycles. The van der Waals surface area contributed by atoms with Crippen LogP contribution in [-0.2, 0) is 9.53 Å². The van der Waals surface area contributed by atoms with E-state index >= 15 is 0 Å². The molecule has 1 aromatic heterocycles. The zero-order valence-corrected chi connectivity index (χ0v) is 12.0. The minimum Gasteiger partial charge on any atom is -0.466 e. The standard InChI is InChI=1S/C14H15N5O2/c1-8-5-4-6-10(7-8)12-11(13(20)21-3)9(2)15-14-16-17-18-19(12)14/h4-7,12H,1-3H3,(H,15,16,18)/t12-/m1/s1. The smallest absolute Gasteiger partial charge is 0.338 e. The number of hydrogen-bond acceptors (Lipinski definition) is 6. The first-order valence-corrected chi connectivity index (χ1v) is 6.52. The fourth-order valence-electron chi connectivity index (χ4n) is 2.53. The van der Waals surface area contributed by atoms with Gasteiger partial charge in [-0.1, -0.05) is 34.9 Å². The number of nitrogens with one attached hydrogen (secondary N) is 1. The van der Waals surface area contributed by atoms with Crippen LogP contribution >= 0.6 is 0 Å². The van der Waals surface area contributed by atoms with E-state index in [4.69, 9.17) is 4.74 Å². The Morgan fingerprint density at radius 2 is 2.19 bits per heavy atom. The van der Waals surface area contributed by atoms with Crippen LogP contribution in [0.25, 0.3) is 0 Å². The van der Waals surface area contributed by atoms with Crippen molar-refractivity contribution in [1.29, 1.82) is 0 Å². The van der Waals surface area contributed by atoms with E-state index in [1.165, 1.54) is 7.11 Å². The molecule has 0 fully saturated rings. The summed E-state index contributed by atoms with van der Waals surface area (Å²) in [6, 6.07) is 7.51. The van der Waals surface area contributed by atoms with E-state index in [2.05, 4.69) is 20.8 Å². The zero-order chi connectivity index (χ0) is 15.0. The summed E-state index contributed by atoms with van der Waals surface area (Å²) in [5, 5.41) is 14.6. The number of methoxy groups -OCH3 is 1. The predicted octanol–water partition coefficient (Wildman–Crippen LogP) is 1.44. The molecule has 0 spiro atoms. The number of aryl methyl sites for hydroxylation is 1. The first-order valence-electron chi connectivity index (χ1n) is 6.52. The first kappa shape index (κ1) is 13.3. The predicted molar refractivity (Wildman–Crippen MR) is 75.5 cm³/mol. The molecule has 0 saturated carbocycles. The highest BCUT2D eigenvalue weighted by atomic mass is 16.5. The summed E-state index contributed by atoms with van der Waals surface area (Å²) in [4.78, 5) is 12.2. The number of ether oxygens (including phenoxy) is 1. The van der Waals surface area contributed by atoms with Crippen LogP contribution in [0.2, 0.25) is 0 Å². The molecule has 0 unspecified atom stereocenters. The maximum Gasteiger partial charge on any atom is 0.338 e. The lowest BCUT2D eigenvalue weighted by atomic mass is 9.95. The SMILES string of the molecule is COC(=O)C1=C(C)Nc2nnnn2[C@@H]1c1cccc(C)c1. The molecule has 0 bridgehead atoms. The highest BCUT2D eigenvalue weighted by Crippen LogP contribution is 2.34. The van der Waals surface area contributed by atoms with Gasteiger partial charge in [0.2, 0.25) is 5.95 Å². The van der Waals surface area contributed by atoms with Gasteiger partial charge in [-0.05, 0) is 29.8 Å². The van der Waals surface area contributed by atoms with Gasteiger partial charge in [0.05, 0.1) is 12.7 Å². The van der Waals surface area contributed by atoms with Crippen molar-refractivity contribution in [3.05, 3.63) is 46.7 Å². The summed E-state index contributed by atoms with van der Waals surface area (Å²) in [6.45, 7) is 3.81. The molecule has 21 heavy (non-hydrogen) atoms. The molecule has 1 N–H and O–H groups in total. The molecular formula is C14H15N5O2. The third kappa shape index (κ3) is 2.16. The van der Waals surface area contributed by atoms with Crippen molar-refractivity contribution < 1.29 is 9.53 Å². The van der Waals surface area contributed by atoms with Crippen LogP contribution in [0.15, 0.2) is 35.5 Å². The fraction of sp³-hybridized carbons (Fsp3) is 0.286. The molecule has 2 aromatic rings. The maximum atomic E-state index is 12.2. The molecule has 1 atom stereocenters. The quantitative estimate of drug-likeness (QED) is 0.841. The topological polar surface area (TPSA) is 81.9 Å². The largest absolute Gasteiger partial charge is 0.466 e. The second-order valence-electron chi connectivity index (χ2n) is 4.92. The van der Waals surface area contributed by atoms with Crippen LogP contribution < -0.4 is 5.32 Å². The van der Waals surface area contributed by atoms with Gasteiger partial charge in [0.25, 0.3) is 0 Å². The van der Waals surface area contributed by atoms with E-state index in [-0.39, 0.29) is 0 Å². The Morgan fingerprint density at radius 3 is 2.90 bits per heavy atom. The Kier molecular flexibility index (Phi) is 3.17. The van der Waals surface area contributed by atoms with Crippen molar-refractivity contribution in [3.63, 3.8) is 0 Å². The monoisotopic (exact) mass is 285 g/mol. The summed E-state index contributed by atoms with van der Waals surface area (Å²) >= 11 is 0. The third-order valence-electron chi connectivity index (χ3n) is 3.48. The van der Waals surface area contributed by atoms with E-state index < -0.39 is 12.0 Å². The van der Waals surface area contributed by atoms with Gasteiger partial charge in [-0.25, -0.2) is 4.79 Å². The Labute approximate surface area is 121 Å². The number of anilines is 1. The molecule has 108 valence electrons. The van der Waals surface area contributed by atoms with Crippen LogP contribution in [-0.4, -0.2) is 33.3 Å². The van der Waals surface area contributed by atoms with E-state index in [0.717, 1.165) is 11.1 Å². The van der Waals surface area contributed by atoms with E-state index in [1.54, 1.807) is 4.68 Å². The summed E-state index contributed by atoms with van der Waals surface area (Å²) in [5.74, 6) is 0.110. The van der Waals surface area contributed by atoms with Gasteiger partial charge < -0.3 is 10.1 Å². The summed E-state index contributed by atoms with van der Waals surface area (Å²) in [7, 11) is 1.37. The maximum absolute atomic E-state index is 12.2. The average molecular weight is 285 g/mol. The number of nitrogens with zero attached hydrogens (tertiary/aromatic N) is 4. The van der Waals surface area contributed by atoms with Crippen molar-refractivity contribution in [2.45, 2.75) is 19.9 Å². The van der Waals surface area contributed by atoms with Gasteiger partial charge in [-0.3, -0.25) is 0 Å².